The van der Waals surface area contributed by atoms with Gasteiger partial charge in [-0.3, -0.25) is 0 Å². The van der Waals surface area contributed by atoms with Gasteiger partial charge in [0.05, 0.1) is 10.6 Å². The van der Waals surface area contributed by atoms with E-state index in [1.165, 1.54) is 6.07 Å². The van der Waals surface area contributed by atoms with Crippen molar-refractivity contribution < 1.29 is 9.50 Å². The summed E-state index contributed by atoms with van der Waals surface area (Å²) in [4.78, 5) is 0. The topological polar surface area (TPSA) is 32.3 Å². The molecule has 1 rings (SSSR count). The van der Waals surface area contributed by atoms with Gasteiger partial charge in [-0.15, -0.1) is 0 Å². The van der Waals surface area contributed by atoms with Gasteiger partial charge in [0.1, 0.15) is 5.82 Å². The maximum Gasteiger partial charge on any atom is 0.137 e. The molecule has 0 saturated carbocycles. The van der Waals surface area contributed by atoms with Crippen LogP contribution in [-0.4, -0.2) is 17.8 Å². The third kappa shape index (κ3) is 5.15. The van der Waals surface area contributed by atoms with Crippen molar-refractivity contribution in [3.63, 3.8) is 0 Å². The highest BCUT2D eigenvalue weighted by atomic mass is 79.9. The Morgan fingerprint density at radius 2 is 2.12 bits per heavy atom. The molecule has 0 fully saturated rings. The van der Waals surface area contributed by atoms with Crippen molar-refractivity contribution in [2.45, 2.75) is 32.9 Å². The Hall–Kier alpha value is -0.450. The fourth-order valence-electron chi connectivity index (χ4n) is 1.69. The van der Waals surface area contributed by atoms with Crippen LogP contribution in [-0.2, 0) is 6.54 Å². The van der Waals surface area contributed by atoms with E-state index in [1.807, 2.05) is 6.07 Å². The maximum absolute atomic E-state index is 13.2. The predicted octanol–water partition coefficient (Wildman–Crippen LogP) is 3.08. The maximum atomic E-state index is 13.2. The van der Waals surface area contributed by atoms with Crippen LogP contribution in [0.5, 0.6) is 0 Å². The molecule has 17 heavy (non-hydrogen) atoms. The molecule has 0 aliphatic heterocycles. The molecule has 0 saturated heterocycles. The molecule has 96 valence electrons. The fraction of sp³-hybridized carbons (Fsp3) is 0.538. The molecule has 0 spiro atoms. The number of hydrogen-bond donors (Lipinski definition) is 2. The Morgan fingerprint density at radius 3 is 2.76 bits per heavy atom. The van der Waals surface area contributed by atoms with Gasteiger partial charge >= 0.3 is 0 Å². The lowest BCUT2D eigenvalue weighted by molar-refractivity contribution is 0.146. The fourth-order valence-corrected chi connectivity index (χ4v) is 2.09. The van der Waals surface area contributed by atoms with Gasteiger partial charge in [0.2, 0.25) is 0 Å². The van der Waals surface area contributed by atoms with E-state index in [1.54, 1.807) is 6.07 Å². The largest absolute Gasteiger partial charge is 0.392 e. The molecule has 0 aromatic heterocycles. The summed E-state index contributed by atoms with van der Waals surface area (Å²) >= 11 is 3.21. The highest BCUT2D eigenvalue weighted by molar-refractivity contribution is 9.10. The highest BCUT2D eigenvalue weighted by Gasteiger charge is 2.08. The van der Waals surface area contributed by atoms with Gasteiger partial charge in [0.25, 0.3) is 0 Å². The van der Waals surface area contributed by atoms with E-state index >= 15 is 0 Å². The summed E-state index contributed by atoms with van der Waals surface area (Å²) in [6.07, 6.45) is 0.430. The van der Waals surface area contributed by atoms with Crippen LogP contribution in [0.25, 0.3) is 0 Å². The van der Waals surface area contributed by atoms with Gasteiger partial charge < -0.3 is 10.4 Å². The molecule has 0 heterocycles. The predicted molar refractivity (Wildman–Crippen MR) is 71.3 cm³/mol. The molecule has 0 bridgehead atoms. The Balaban J connectivity index is 2.38. The lowest BCUT2D eigenvalue weighted by atomic mass is 10.1. The van der Waals surface area contributed by atoms with Gasteiger partial charge in [-0.1, -0.05) is 26.0 Å². The summed E-state index contributed by atoms with van der Waals surface area (Å²) < 4.78 is 13.7. The minimum absolute atomic E-state index is 0.257. The molecule has 1 atom stereocenters. The number of aliphatic hydroxyl groups is 1. The molecular weight excluding hydrogens is 285 g/mol. The van der Waals surface area contributed by atoms with Crippen LogP contribution in [0.2, 0.25) is 0 Å². The number of nitrogens with one attached hydrogen (secondary N) is 1. The van der Waals surface area contributed by atoms with Crippen LogP contribution in [0, 0.1) is 11.7 Å². The highest BCUT2D eigenvalue weighted by Crippen LogP contribution is 2.20. The number of hydrogen-bond acceptors (Lipinski definition) is 2. The summed E-state index contributed by atoms with van der Waals surface area (Å²) in [5.74, 6) is 0.222. The molecule has 0 aliphatic rings. The van der Waals surface area contributed by atoms with E-state index in [0.717, 1.165) is 12.0 Å². The third-order valence-corrected chi connectivity index (χ3v) is 3.36. The number of halogens is 2. The van der Waals surface area contributed by atoms with E-state index in [9.17, 15) is 9.50 Å². The lowest BCUT2D eigenvalue weighted by Gasteiger charge is -2.14. The molecular formula is C13H19BrFNO. The third-order valence-electron chi connectivity index (χ3n) is 2.47. The first kappa shape index (κ1) is 14.6. The number of benzene rings is 1. The van der Waals surface area contributed by atoms with Crippen LogP contribution in [0.15, 0.2) is 22.7 Å². The first-order valence-electron chi connectivity index (χ1n) is 5.82. The molecule has 2 nitrogen and oxygen atoms in total. The van der Waals surface area contributed by atoms with Crippen molar-refractivity contribution >= 4 is 15.9 Å². The zero-order chi connectivity index (χ0) is 12.8. The zero-order valence-electron chi connectivity index (χ0n) is 10.2. The smallest absolute Gasteiger partial charge is 0.137 e. The average molecular weight is 304 g/mol. The molecule has 0 aliphatic carbocycles. The standard InChI is InChI=1S/C13H19BrFNO/c1-9(2)6-11(17)8-16-7-10-4-3-5-12(15)13(10)14/h3-5,9,11,16-17H,6-8H2,1-2H3. The summed E-state index contributed by atoms with van der Waals surface area (Å²) in [6.45, 7) is 5.23. The van der Waals surface area contributed by atoms with Crippen LogP contribution in [0.1, 0.15) is 25.8 Å². The van der Waals surface area contributed by atoms with Crippen LogP contribution in [0.3, 0.4) is 0 Å². The normalized spacial score (nSPS) is 13.1. The second-order valence-corrected chi connectivity index (χ2v) is 5.42. The summed E-state index contributed by atoms with van der Waals surface area (Å²) in [5.41, 5.74) is 0.863. The summed E-state index contributed by atoms with van der Waals surface area (Å²) in [5, 5.41) is 12.8. The Kier molecular flexibility index (Phi) is 6.09. The van der Waals surface area contributed by atoms with Crippen LogP contribution < -0.4 is 5.32 Å². The molecule has 1 unspecified atom stereocenters. The van der Waals surface area contributed by atoms with E-state index in [4.69, 9.17) is 0 Å². The SMILES string of the molecule is CC(C)CC(O)CNCc1cccc(F)c1Br. The average Bonchev–Trinajstić information content (AvgIpc) is 2.23. The lowest BCUT2D eigenvalue weighted by Crippen LogP contribution is -2.27. The minimum Gasteiger partial charge on any atom is -0.392 e. The first-order valence-corrected chi connectivity index (χ1v) is 6.61. The van der Waals surface area contributed by atoms with E-state index in [2.05, 4.69) is 35.1 Å². The molecule has 4 heteroatoms. The van der Waals surface area contributed by atoms with Gasteiger partial charge in [-0.25, -0.2) is 4.39 Å². The van der Waals surface area contributed by atoms with Gasteiger partial charge in [0, 0.05) is 13.1 Å². The minimum atomic E-state index is -0.345. The van der Waals surface area contributed by atoms with E-state index in [0.29, 0.717) is 23.5 Å². The summed E-state index contributed by atoms with van der Waals surface area (Å²) in [6, 6.07) is 4.96. The second kappa shape index (κ2) is 7.09. The number of aliphatic hydroxyl groups excluding tert-OH is 1. The first-order chi connectivity index (χ1) is 8.00. The molecule has 0 radical (unpaired) electrons. The van der Waals surface area contributed by atoms with Crippen molar-refractivity contribution in [1.29, 1.82) is 0 Å². The van der Waals surface area contributed by atoms with Crippen molar-refractivity contribution in [2.24, 2.45) is 5.92 Å². The molecule has 2 N–H and O–H groups in total. The Bertz CT molecular complexity index is 357. The van der Waals surface area contributed by atoms with Gasteiger partial charge in [-0.2, -0.15) is 0 Å². The Labute approximate surface area is 110 Å². The van der Waals surface area contributed by atoms with Crippen molar-refractivity contribution in [2.75, 3.05) is 6.54 Å². The monoisotopic (exact) mass is 303 g/mol. The van der Waals surface area contributed by atoms with Crippen molar-refractivity contribution in [3.8, 4) is 0 Å². The van der Waals surface area contributed by atoms with E-state index in [-0.39, 0.29) is 11.9 Å². The van der Waals surface area contributed by atoms with Crippen LogP contribution >= 0.6 is 15.9 Å². The Morgan fingerprint density at radius 1 is 1.41 bits per heavy atom. The zero-order valence-corrected chi connectivity index (χ0v) is 11.8. The number of rotatable bonds is 6. The van der Waals surface area contributed by atoms with Crippen molar-refractivity contribution in [1.82, 2.24) is 5.32 Å². The van der Waals surface area contributed by atoms with Gasteiger partial charge in [0.15, 0.2) is 0 Å². The van der Waals surface area contributed by atoms with Crippen molar-refractivity contribution in [3.05, 3.63) is 34.1 Å². The summed E-state index contributed by atoms with van der Waals surface area (Å²) in [7, 11) is 0. The molecule has 1 aromatic carbocycles. The second-order valence-electron chi connectivity index (χ2n) is 4.63. The van der Waals surface area contributed by atoms with Gasteiger partial charge in [-0.05, 0) is 39.9 Å². The quantitative estimate of drug-likeness (QED) is 0.846. The van der Waals surface area contributed by atoms with Crippen LogP contribution in [0.4, 0.5) is 4.39 Å². The van der Waals surface area contributed by atoms with E-state index < -0.39 is 0 Å². The molecule has 0 amide bonds. The molecule has 1 aromatic rings.